The number of carbonyl (C=O) groups excluding carboxylic acids is 1. The highest BCUT2D eigenvalue weighted by molar-refractivity contribution is 6.30. The van der Waals surface area contributed by atoms with Crippen LogP contribution in [-0.2, 0) is 29.6 Å². The molecular formula is C26H29ClN4O. The van der Waals surface area contributed by atoms with Crippen molar-refractivity contribution in [3.63, 3.8) is 0 Å². The molecule has 32 heavy (non-hydrogen) atoms. The molecule has 1 N–H and O–H groups in total. The lowest BCUT2D eigenvalue weighted by Crippen LogP contribution is -2.43. The van der Waals surface area contributed by atoms with Crippen molar-refractivity contribution in [2.45, 2.75) is 63.3 Å². The van der Waals surface area contributed by atoms with E-state index in [9.17, 15) is 4.79 Å². The summed E-state index contributed by atoms with van der Waals surface area (Å²) >= 11 is 6.09. The van der Waals surface area contributed by atoms with E-state index in [1.165, 1.54) is 24.1 Å². The number of nitrogens with one attached hydrogen (secondary N) is 1. The summed E-state index contributed by atoms with van der Waals surface area (Å²) in [5.74, 6) is 0.132. The molecule has 5 rings (SSSR count). The molecule has 2 heterocycles. The van der Waals surface area contributed by atoms with E-state index >= 15 is 0 Å². The van der Waals surface area contributed by atoms with E-state index in [-0.39, 0.29) is 5.91 Å². The zero-order valence-corrected chi connectivity index (χ0v) is 19.1. The van der Waals surface area contributed by atoms with E-state index in [0.29, 0.717) is 18.1 Å². The lowest BCUT2D eigenvalue weighted by molar-refractivity contribution is -0.126. The zero-order valence-electron chi connectivity index (χ0n) is 18.3. The summed E-state index contributed by atoms with van der Waals surface area (Å²) in [5, 5.41) is 8.91. The highest BCUT2D eigenvalue weighted by atomic mass is 35.5. The van der Waals surface area contributed by atoms with Crippen LogP contribution in [0, 0.1) is 0 Å². The van der Waals surface area contributed by atoms with Crippen molar-refractivity contribution < 1.29 is 4.79 Å². The highest BCUT2D eigenvalue weighted by Crippen LogP contribution is 2.41. The van der Waals surface area contributed by atoms with E-state index in [4.69, 9.17) is 16.7 Å². The second kappa shape index (κ2) is 9.07. The Morgan fingerprint density at radius 1 is 1.00 bits per heavy atom. The van der Waals surface area contributed by atoms with Gasteiger partial charge in [0.05, 0.1) is 17.7 Å². The number of hydrogen-bond donors (Lipinski definition) is 1. The molecule has 0 radical (unpaired) electrons. The van der Waals surface area contributed by atoms with Gasteiger partial charge < -0.3 is 5.32 Å². The Morgan fingerprint density at radius 2 is 1.72 bits per heavy atom. The molecule has 2 aliphatic carbocycles. The second-order valence-electron chi connectivity index (χ2n) is 8.99. The minimum absolute atomic E-state index is 0.132. The lowest BCUT2D eigenvalue weighted by Gasteiger charge is -2.28. The second-order valence-corrected chi connectivity index (χ2v) is 9.43. The van der Waals surface area contributed by atoms with Gasteiger partial charge in [0.1, 0.15) is 0 Å². The standard InChI is InChI=1S/C26H29ClN4O/c27-21-9-7-20(8-10-21)26(13-3-4-14-26)25(32)29-17-18-31-23-6-2-1-5-22(23)24(30-31)19-11-15-28-16-12-19/h7-12,15-16H,1-6,13-14,17-18H2,(H,29,32). The fourth-order valence-electron chi connectivity index (χ4n) is 5.44. The van der Waals surface area contributed by atoms with Gasteiger partial charge in [0.2, 0.25) is 5.91 Å². The van der Waals surface area contributed by atoms with Crippen molar-refractivity contribution in [3.8, 4) is 11.3 Å². The van der Waals surface area contributed by atoms with Gasteiger partial charge in [-0.25, -0.2) is 0 Å². The van der Waals surface area contributed by atoms with E-state index < -0.39 is 5.41 Å². The molecule has 2 aromatic heterocycles. The number of benzene rings is 1. The molecule has 0 spiro atoms. The van der Waals surface area contributed by atoms with Gasteiger partial charge in [0.25, 0.3) is 0 Å². The average Bonchev–Trinajstić information content (AvgIpc) is 3.47. The first-order valence-electron chi connectivity index (χ1n) is 11.7. The van der Waals surface area contributed by atoms with Crippen LogP contribution < -0.4 is 5.32 Å². The van der Waals surface area contributed by atoms with Gasteiger partial charge in [0, 0.05) is 40.8 Å². The monoisotopic (exact) mass is 448 g/mol. The predicted octanol–water partition coefficient (Wildman–Crippen LogP) is 5.11. The number of carbonyl (C=O) groups is 1. The minimum Gasteiger partial charge on any atom is -0.353 e. The van der Waals surface area contributed by atoms with Crippen LogP contribution >= 0.6 is 11.6 Å². The van der Waals surface area contributed by atoms with E-state index in [1.54, 1.807) is 0 Å². The van der Waals surface area contributed by atoms with Crippen LogP contribution in [0.1, 0.15) is 55.3 Å². The number of rotatable bonds is 6. The summed E-state index contributed by atoms with van der Waals surface area (Å²) in [7, 11) is 0. The summed E-state index contributed by atoms with van der Waals surface area (Å²) in [4.78, 5) is 17.5. The Bertz CT molecular complexity index is 1090. The Balaban J connectivity index is 1.32. The number of fused-ring (bicyclic) bond motifs is 1. The summed E-state index contributed by atoms with van der Waals surface area (Å²) in [6, 6.07) is 11.9. The molecule has 0 unspecified atom stereocenters. The molecular weight excluding hydrogens is 420 g/mol. The van der Waals surface area contributed by atoms with Gasteiger partial charge in [-0.3, -0.25) is 14.5 Å². The molecule has 5 nitrogen and oxygen atoms in total. The molecule has 1 fully saturated rings. The number of nitrogens with zero attached hydrogens (tertiary/aromatic N) is 3. The predicted molar refractivity (Wildman–Crippen MR) is 127 cm³/mol. The molecule has 6 heteroatoms. The summed E-state index contributed by atoms with van der Waals surface area (Å²) in [6.45, 7) is 1.27. The Kier molecular flexibility index (Phi) is 6.01. The van der Waals surface area contributed by atoms with Crippen molar-refractivity contribution in [1.29, 1.82) is 0 Å². The molecule has 0 bridgehead atoms. The van der Waals surface area contributed by atoms with Crippen LogP contribution in [0.4, 0.5) is 0 Å². The van der Waals surface area contributed by atoms with Gasteiger partial charge >= 0.3 is 0 Å². The first-order chi connectivity index (χ1) is 15.7. The molecule has 0 aliphatic heterocycles. The van der Waals surface area contributed by atoms with Crippen LogP contribution in [-0.4, -0.2) is 27.2 Å². The Morgan fingerprint density at radius 3 is 2.47 bits per heavy atom. The van der Waals surface area contributed by atoms with Crippen molar-refractivity contribution in [2.75, 3.05) is 6.54 Å². The Hall–Kier alpha value is -2.66. The van der Waals surface area contributed by atoms with E-state index in [2.05, 4.69) is 15.0 Å². The van der Waals surface area contributed by atoms with Crippen LogP contribution in [0.2, 0.25) is 5.02 Å². The molecule has 3 aromatic rings. The van der Waals surface area contributed by atoms with Gasteiger partial charge in [-0.05, 0) is 68.4 Å². The molecule has 2 aliphatic rings. The zero-order chi connectivity index (χ0) is 22.0. The normalized spacial score (nSPS) is 17.2. The van der Waals surface area contributed by atoms with Gasteiger partial charge in [0.15, 0.2) is 0 Å². The van der Waals surface area contributed by atoms with E-state index in [0.717, 1.165) is 55.3 Å². The van der Waals surface area contributed by atoms with Crippen molar-refractivity contribution in [2.24, 2.45) is 0 Å². The van der Waals surface area contributed by atoms with Gasteiger partial charge in [-0.15, -0.1) is 0 Å². The Labute approximate surface area is 194 Å². The quantitative estimate of drug-likeness (QED) is 0.570. The first-order valence-corrected chi connectivity index (χ1v) is 12.1. The van der Waals surface area contributed by atoms with Crippen LogP contribution in [0.25, 0.3) is 11.3 Å². The number of pyridine rings is 1. The minimum atomic E-state index is -0.434. The average molecular weight is 449 g/mol. The van der Waals surface area contributed by atoms with Crippen molar-refractivity contribution >= 4 is 17.5 Å². The molecule has 1 saturated carbocycles. The molecule has 0 saturated heterocycles. The number of halogens is 1. The molecule has 166 valence electrons. The van der Waals surface area contributed by atoms with E-state index in [1.807, 2.05) is 48.8 Å². The first kappa shape index (κ1) is 21.2. The largest absolute Gasteiger partial charge is 0.353 e. The number of aromatic nitrogens is 3. The third-order valence-corrected chi connectivity index (χ3v) is 7.36. The van der Waals surface area contributed by atoms with Crippen LogP contribution in [0.15, 0.2) is 48.8 Å². The maximum Gasteiger partial charge on any atom is 0.230 e. The number of amides is 1. The molecule has 0 atom stereocenters. The summed E-state index contributed by atoms with van der Waals surface area (Å²) in [5.41, 5.74) is 5.52. The third kappa shape index (κ3) is 3.95. The van der Waals surface area contributed by atoms with Crippen LogP contribution in [0.5, 0.6) is 0 Å². The fourth-order valence-corrected chi connectivity index (χ4v) is 5.56. The summed E-state index contributed by atoms with van der Waals surface area (Å²) in [6.07, 6.45) is 12.1. The molecule has 1 amide bonds. The maximum atomic E-state index is 13.4. The van der Waals surface area contributed by atoms with Crippen LogP contribution in [0.3, 0.4) is 0 Å². The number of hydrogen-bond acceptors (Lipinski definition) is 3. The van der Waals surface area contributed by atoms with Gasteiger partial charge in [-0.1, -0.05) is 36.6 Å². The smallest absolute Gasteiger partial charge is 0.230 e. The fraction of sp³-hybridized carbons (Fsp3) is 0.423. The maximum absolute atomic E-state index is 13.4. The highest BCUT2D eigenvalue weighted by Gasteiger charge is 2.42. The summed E-state index contributed by atoms with van der Waals surface area (Å²) < 4.78 is 2.12. The van der Waals surface area contributed by atoms with Gasteiger partial charge in [-0.2, -0.15) is 5.10 Å². The SMILES string of the molecule is O=C(NCCn1nc(-c2ccncc2)c2c1CCCC2)C1(c2ccc(Cl)cc2)CCCC1. The van der Waals surface area contributed by atoms with Crippen molar-refractivity contribution in [3.05, 3.63) is 70.6 Å². The topological polar surface area (TPSA) is 59.8 Å². The lowest BCUT2D eigenvalue weighted by atomic mass is 9.78. The third-order valence-electron chi connectivity index (χ3n) is 7.11. The molecule has 1 aromatic carbocycles. The van der Waals surface area contributed by atoms with Crippen molar-refractivity contribution in [1.82, 2.24) is 20.1 Å².